The van der Waals surface area contributed by atoms with E-state index in [0.717, 1.165) is 49.4 Å². The van der Waals surface area contributed by atoms with Gasteiger partial charge in [0.1, 0.15) is 0 Å². The highest BCUT2D eigenvalue weighted by Gasteiger charge is 2.14. The lowest BCUT2D eigenvalue weighted by molar-refractivity contribution is 1.07. The van der Waals surface area contributed by atoms with Crippen LogP contribution in [0.15, 0.2) is 146 Å². The number of hydrogen-bond donors (Lipinski definition) is 0. The molecule has 0 aliphatic heterocycles. The first-order valence-electron chi connectivity index (χ1n) is 14.2. The van der Waals surface area contributed by atoms with Crippen molar-refractivity contribution in [3.63, 3.8) is 0 Å². The molecule has 0 aliphatic rings. The van der Waals surface area contributed by atoms with Crippen LogP contribution < -0.4 is 0 Å². The second kappa shape index (κ2) is 10.5. The molecule has 0 saturated heterocycles. The van der Waals surface area contributed by atoms with E-state index in [0.29, 0.717) is 11.6 Å². The average molecular weight is 570 g/mol. The highest BCUT2D eigenvalue weighted by molar-refractivity contribution is 6.28. The Balaban J connectivity index is 1.22. The number of aromatic nitrogens is 3. The first kappa shape index (κ1) is 25.3. The van der Waals surface area contributed by atoms with Crippen LogP contribution in [0, 0.1) is 0 Å². The summed E-state index contributed by atoms with van der Waals surface area (Å²) in [6, 6.07) is 50.9. The van der Waals surface area contributed by atoms with Crippen molar-refractivity contribution in [2.24, 2.45) is 0 Å². The molecule has 4 heteroatoms. The Morgan fingerprint density at radius 2 is 0.907 bits per heavy atom. The molecular formula is C39H24ClN3. The maximum Gasteiger partial charge on any atom is 0.226 e. The van der Waals surface area contributed by atoms with Crippen molar-refractivity contribution < 1.29 is 0 Å². The van der Waals surface area contributed by atoms with Crippen molar-refractivity contribution in [2.45, 2.75) is 0 Å². The third kappa shape index (κ3) is 4.80. The molecule has 202 valence electrons. The van der Waals surface area contributed by atoms with E-state index in [1.165, 1.54) is 16.3 Å². The zero-order valence-electron chi connectivity index (χ0n) is 23.1. The van der Waals surface area contributed by atoms with Gasteiger partial charge in [-0.15, -0.1) is 0 Å². The summed E-state index contributed by atoms with van der Waals surface area (Å²) >= 11 is 6.54. The van der Waals surface area contributed by atoms with E-state index in [1.54, 1.807) is 0 Å². The first-order valence-corrected chi connectivity index (χ1v) is 14.6. The van der Waals surface area contributed by atoms with Gasteiger partial charge in [-0.25, -0.2) is 4.98 Å². The van der Waals surface area contributed by atoms with Gasteiger partial charge in [0.05, 0.1) is 0 Å². The monoisotopic (exact) mass is 569 g/mol. The van der Waals surface area contributed by atoms with Gasteiger partial charge in [-0.1, -0.05) is 121 Å². The molecule has 3 nitrogen and oxygen atoms in total. The van der Waals surface area contributed by atoms with Crippen molar-refractivity contribution >= 4 is 43.9 Å². The average Bonchev–Trinajstić information content (AvgIpc) is 3.07. The van der Waals surface area contributed by atoms with Crippen molar-refractivity contribution in [2.75, 3.05) is 0 Å². The van der Waals surface area contributed by atoms with E-state index in [-0.39, 0.29) is 5.28 Å². The lowest BCUT2D eigenvalue weighted by atomic mass is 9.97. The summed E-state index contributed by atoms with van der Waals surface area (Å²) in [6.45, 7) is 0. The zero-order chi connectivity index (χ0) is 28.8. The van der Waals surface area contributed by atoms with E-state index in [2.05, 4.69) is 131 Å². The fraction of sp³-hybridized carbons (Fsp3) is 0. The SMILES string of the molecule is Clc1nc(-c2ccc3ccc(-c4ccc5ccccc5c4)cc3c2)nc(-c2cccc3ccc(-c4ccccc4)cc23)n1. The van der Waals surface area contributed by atoms with Crippen LogP contribution >= 0.6 is 11.6 Å². The second-order valence-electron chi connectivity index (χ2n) is 10.7. The van der Waals surface area contributed by atoms with Crippen LogP contribution in [0.1, 0.15) is 0 Å². The summed E-state index contributed by atoms with van der Waals surface area (Å²) in [7, 11) is 0. The maximum atomic E-state index is 6.54. The van der Waals surface area contributed by atoms with Crippen molar-refractivity contribution in [3.8, 4) is 45.0 Å². The molecule has 0 N–H and O–H groups in total. The Labute approximate surface area is 254 Å². The van der Waals surface area contributed by atoms with E-state index < -0.39 is 0 Å². The quantitative estimate of drug-likeness (QED) is 0.211. The number of nitrogens with zero attached hydrogens (tertiary/aromatic N) is 3. The third-order valence-electron chi connectivity index (χ3n) is 8.02. The standard InChI is InChI=1S/C39H24ClN3/c40-39-42-37(41-38(43-39)35-12-6-11-28-16-19-32(24-36(28)35)25-7-2-1-3-8-25)33-20-15-27-14-18-31(22-34(27)23-33)30-17-13-26-9-4-5-10-29(26)21-30/h1-24H. The number of halogens is 1. The van der Waals surface area contributed by atoms with Gasteiger partial charge in [0.25, 0.3) is 0 Å². The van der Waals surface area contributed by atoms with Crippen LogP contribution in [0.2, 0.25) is 5.28 Å². The van der Waals surface area contributed by atoms with Gasteiger partial charge in [0, 0.05) is 11.1 Å². The van der Waals surface area contributed by atoms with Gasteiger partial charge in [-0.3, -0.25) is 0 Å². The highest BCUT2D eigenvalue weighted by Crippen LogP contribution is 2.33. The zero-order valence-corrected chi connectivity index (χ0v) is 23.8. The molecule has 0 amide bonds. The van der Waals surface area contributed by atoms with E-state index in [1.807, 2.05) is 24.3 Å². The summed E-state index contributed by atoms with van der Waals surface area (Å²) in [6.07, 6.45) is 0. The Hall–Kier alpha value is -5.38. The Morgan fingerprint density at radius 3 is 1.70 bits per heavy atom. The molecule has 1 aromatic heterocycles. The second-order valence-corrected chi connectivity index (χ2v) is 11.0. The van der Waals surface area contributed by atoms with E-state index >= 15 is 0 Å². The van der Waals surface area contributed by atoms with Crippen molar-refractivity contribution in [1.29, 1.82) is 0 Å². The first-order chi connectivity index (χ1) is 21.2. The largest absolute Gasteiger partial charge is 0.226 e. The van der Waals surface area contributed by atoms with Crippen molar-refractivity contribution in [3.05, 3.63) is 151 Å². The summed E-state index contributed by atoms with van der Waals surface area (Å²) < 4.78 is 0. The third-order valence-corrected chi connectivity index (χ3v) is 8.19. The summed E-state index contributed by atoms with van der Waals surface area (Å²) in [4.78, 5) is 14.0. The molecule has 0 atom stereocenters. The minimum atomic E-state index is 0.168. The molecule has 0 fully saturated rings. The Bertz CT molecular complexity index is 2310. The number of benzene rings is 7. The molecule has 8 aromatic rings. The minimum absolute atomic E-state index is 0.168. The lowest BCUT2D eigenvalue weighted by Crippen LogP contribution is -1.98. The minimum Gasteiger partial charge on any atom is -0.208 e. The van der Waals surface area contributed by atoms with Gasteiger partial charge < -0.3 is 0 Å². The van der Waals surface area contributed by atoms with Gasteiger partial charge in [-0.05, 0) is 90.4 Å². The topological polar surface area (TPSA) is 38.7 Å². The summed E-state index contributed by atoms with van der Waals surface area (Å²) in [5.74, 6) is 1.10. The van der Waals surface area contributed by atoms with Gasteiger partial charge in [-0.2, -0.15) is 9.97 Å². The lowest BCUT2D eigenvalue weighted by Gasteiger charge is -2.11. The molecule has 0 bridgehead atoms. The molecule has 43 heavy (non-hydrogen) atoms. The smallest absolute Gasteiger partial charge is 0.208 e. The number of fused-ring (bicyclic) bond motifs is 3. The predicted molar refractivity (Wildman–Crippen MR) is 179 cm³/mol. The Morgan fingerprint density at radius 1 is 0.349 bits per heavy atom. The molecule has 0 unspecified atom stereocenters. The van der Waals surface area contributed by atoms with Crippen LogP contribution in [-0.4, -0.2) is 15.0 Å². The Kier molecular flexibility index (Phi) is 6.17. The summed E-state index contributed by atoms with van der Waals surface area (Å²) in [5.41, 5.74) is 6.45. The molecule has 7 aromatic carbocycles. The molecule has 0 radical (unpaired) electrons. The normalized spacial score (nSPS) is 11.4. The molecule has 8 rings (SSSR count). The number of hydrogen-bond acceptors (Lipinski definition) is 3. The maximum absolute atomic E-state index is 6.54. The predicted octanol–water partition coefficient (Wildman–Crippen LogP) is 10.7. The molecule has 0 saturated carbocycles. The van der Waals surface area contributed by atoms with Crippen LogP contribution in [-0.2, 0) is 0 Å². The van der Waals surface area contributed by atoms with Gasteiger partial charge >= 0.3 is 0 Å². The van der Waals surface area contributed by atoms with Crippen LogP contribution in [0.3, 0.4) is 0 Å². The molecule has 0 aliphatic carbocycles. The van der Waals surface area contributed by atoms with E-state index in [4.69, 9.17) is 16.6 Å². The van der Waals surface area contributed by atoms with Crippen LogP contribution in [0.5, 0.6) is 0 Å². The van der Waals surface area contributed by atoms with Gasteiger partial charge in [0.15, 0.2) is 11.6 Å². The molecule has 1 heterocycles. The van der Waals surface area contributed by atoms with Crippen LogP contribution in [0.4, 0.5) is 0 Å². The van der Waals surface area contributed by atoms with E-state index in [9.17, 15) is 0 Å². The summed E-state index contributed by atoms with van der Waals surface area (Å²) in [5, 5.41) is 7.07. The van der Waals surface area contributed by atoms with Crippen LogP contribution in [0.25, 0.3) is 77.3 Å². The van der Waals surface area contributed by atoms with Crippen molar-refractivity contribution in [1.82, 2.24) is 15.0 Å². The fourth-order valence-electron chi connectivity index (χ4n) is 5.81. The number of rotatable bonds is 4. The highest BCUT2D eigenvalue weighted by atomic mass is 35.5. The molecular weight excluding hydrogens is 546 g/mol. The molecule has 0 spiro atoms. The van der Waals surface area contributed by atoms with Gasteiger partial charge in [0.2, 0.25) is 5.28 Å². The fourth-order valence-corrected chi connectivity index (χ4v) is 5.97.